The Hall–Kier alpha value is -0.600. The Morgan fingerprint density at radius 3 is 2.77 bits per heavy atom. The number of hydrogen-bond acceptors (Lipinski definition) is 1. The van der Waals surface area contributed by atoms with Crippen LogP contribution in [0.5, 0.6) is 0 Å². The normalized spacial score (nSPS) is 10.7. The molecule has 0 aliphatic carbocycles. The Labute approximate surface area is 89.9 Å². The van der Waals surface area contributed by atoms with Crippen LogP contribution in [0.2, 0.25) is 5.02 Å². The van der Waals surface area contributed by atoms with Crippen molar-refractivity contribution >= 4 is 38.4 Å². The summed E-state index contributed by atoms with van der Waals surface area (Å²) in [6.07, 6.45) is 0. The lowest BCUT2D eigenvalue weighted by molar-refractivity contribution is 1.32. The highest BCUT2D eigenvalue weighted by Crippen LogP contribution is 2.25. The van der Waals surface area contributed by atoms with E-state index in [0.29, 0.717) is 0 Å². The van der Waals surface area contributed by atoms with Gasteiger partial charge in [0.15, 0.2) is 0 Å². The van der Waals surface area contributed by atoms with Crippen LogP contribution in [0, 0.1) is 6.92 Å². The molecule has 0 spiro atoms. The van der Waals surface area contributed by atoms with E-state index < -0.39 is 0 Å². The van der Waals surface area contributed by atoms with E-state index in [-0.39, 0.29) is 0 Å². The fourth-order valence-electron chi connectivity index (χ4n) is 1.30. The lowest BCUT2D eigenvalue weighted by Gasteiger charge is -2.03. The van der Waals surface area contributed by atoms with Crippen molar-refractivity contribution in [3.63, 3.8) is 0 Å². The fraction of sp³-hybridized carbons (Fsp3) is 0.100. The van der Waals surface area contributed by atoms with E-state index >= 15 is 0 Å². The summed E-state index contributed by atoms with van der Waals surface area (Å²) >= 11 is 9.36. The standard InChI is InChI=1S/C10H7BrClN/c1-6-2-4-8(12)7-3-5-9(11)13-10(6)7/h2-5H,1H3. The predicted octanol–water partition coefficient (Wildman–Crippen LogP) is 3.96. The van der Waals surface area contributed by atoms with Crippen molar-refractivity contribution in [2.24, 2.45) is 0 Å². The van der Waals surface area contributed by atoms with Crippen LogP contribution in [0.15, 0.2) is 28.9 Å². The Kier molecular flexibility index (Phi) is 2.26. The molecule has 0 aliphatic heterocycles. The molecule has 66 valence electrons. The Bertz CT molecular complexity index is 468. The van der Waals surface area contributed by atoms with Crippen molar-refractivity contribution in [3.8, 4) is 0 Å². The van der Waals surface area contributed by atoms with Gasteiger partial charge in [-0.15, -0.1) is 0 Å². The summed E-state index contributed by atoms with van der Waals surface area (Å²) in [5, 5.41) is 1.76. The van der Waals surface area contributed by atoms with Crippen LogP contribution in [-0.4, -0.2) is 4.98 Å². The van der Waals surface area contributed by atoms with E-state index in [0.717, 1.165) is 26.1 Å². The molecular weight excluding hydrogens is 249 g/mol. The molecule has 1 aromatic heterocycles. The zero-order valence-electron chi connectivity index (χ0n) is 7.01. The molecule has 1 aromatic carbocycles. The van der Waals surface area contributed by atoms with Crippen LogP contribution >= 0.6 is 27.5 Å². The van der Waals surface area contributed by atoms with E-state index in [9.17, 15) is 0 Å². The van der Waals surface area contributed by atoms with Crippen LogP contribution in [0.25, 0.3) is 10.9 Å². The first-order valence-corrected chi connectivity index (χ1v) is 5.07. The van der Waals surface area contributed by atoms with Crippen LogP contribution in [0.4, 0.5) is 0 Å². The molecule has 0 radical (unpaired) electrons. The molecule has 0 bridgehead atoms. The molecule has 0 amide bonds. The molecular formula is C10H7BrClN. The van der Waals surface area contributed by atoms with Crippen molar-refractivity contribution in [3.05, 3.63) is 39.5 Å². The van der Waals surface area contributed by atoms with E-state index in [1.165, 1.54) is 0 Å². The van der Waals surface area contributed by atoms with Gasteiger partial charge in [0, 0.05) is 10.4 Å². The highest BCUT2D eigenvalue weighted by Gasteiger charge is 2.02. The second-order valence-electron chi connectivity index (χ2n) is 2.89. The smallest absolute Gasteiger partial charge is 0.106 e. The van der Waals surface area contributed by atoms with Crippen LogP contribution < -0.4 is 0 Å². The first-order valence-electron chi connectivity index (χ1n) is 3.90. The topological polar surface area (TPSA) is 12.9 Å². The largest absolute Gasteiger partial charge is 0.241 e. The minimum absolute atomic E-state index is 0.751. The van der Waals surface area contributed by atoms with Gasteiger partial charge < -0.3 is 0 Å². The average molecular weight is 257 g/mol. The van der Waals surface area contributed by atoms with E-state index in [2.05, 4.69) is 20.9 Å². The van der Waals surface area contributed by atoms with Gasteiger partial charge in [0.05, 0.1) is 5.52 Å². The Morgan fingerprint density at radius 2 is 2.00 bits per heavy atom. The van der Waals surface area contributed by atoms with E-state index in [4.69, 9.17) is 11.6 Å². The Morgan fingerprint density at radius 1 is 1.23 bits per heavy atom. The van der Waals surface area contributed by atoms with Crippen molar-refractivity contribution in [2.45, 2.75) is 6.92 Å². The summed E-state index contributed by atoms with van der Waals surface area (Å²) < 4.78 is 0.838. The number of rotatable bonds is 0. The maximum absolute atomic E-state index is 6.03. The van der Waals surface area contributed by atoms with Gasteiger partial charge in [0.25, 0.3) is 0 Å². The summed E-state index contributed by atoms with van der Waals surface area (Å²) in [5.41, 5.74) is 2.10. The first-order chi connectivity index (χ1) is 6.18. The van der Waals surface area contributed by atoms with Crippen molar-refractivity contribution in [1.82, 2.24) is 4.98 Å². The molecule has 13 heavy (non-hydrogen) atoms. The summed E-state index contributed by atoms with van der Waals surface area (Å²) in [6.45, 7) is 2.03. The quantitative estimate of drug-likeness (QED) is 0.650. The molecule has 2 aromatic rings. The molecule has 0 saturated heterocycles. The maximum Gasteiger partial charge on any atom is 0.106 e. The van der Waals surface area contributed by atoms with Crippen molar-refractivity contribution < 1.29 is 0 Å². The fourth-order valence-corrected chi connectivity index (χ4v) is 1.82. The molecule has 0 atom stereocenters. The highest BCUT2D eigenvalue weighted by atomic mass is 79.9. The van der Waals surface area contributed by atoms with Crippen LogP contribution in [0.1, 0.15) is 5.56 Å². The van der Waals surface area contributed by atoms with Gasteiger partial charge in [-0.2, -0.15) is 0 Å². The Balaban J connectivity index is 2.92. The van der Waals surface area contributed by atoms with Gasteiger partial charge in [-0.1, -0.05) is 17.7 Å². The number of pyridine rings is 1. The summed E-state index contributed by atoms with van der Waals surface area (Å²) in [7, 11) is 0. The van der Waals surface area contributed by atoms with Gasteiger partial charge >= 0.3 is 0 Å². The third-order valence-corrected chi connectivity index (χ3v) is 2.74. The predicted molar refractivity (Wildman–Crippen MR) is 59.2 cm³/mol. The minimum atomic E-state index is 0.751. The summed E-state index contributed by atoms with van der Waals surface area (Å²) in [6, 6.07) is 7.74. The number of aryl methyl sites for hydroxylation is 1. The molecule has 3 heteroatoms. The van der Waals surface area contributed by atoms with Crippen LogP contribution in [-0.2, 0) is 0 Å². The lowest BCUT2D eigenvalue weighted by atomic mass is 10.1. The first kappa shape index (κ1) is 8.97. The molecule has 1 heterocycles. The number of hydrogen-bond donors (Lipinski definition) is 0. The minimum Gasteiger partial charge on any atom is -0.241 e. The average Bonchev–Trinajstić information content (AvgIpc) is 2.12. The monoisotopic (exact) mass is 255 g/mol. The molecule has 0 N–H and O–H groups in total. The van der Waals surface area contributed by atoms with E-state index in [1.807, 2.05) is 31.2 Å². The zero-order chi connectivity index (χ0) is 9.42. The number of nitrogens with zero attached hydrogens (tertiary/aromatic N) is 1. The van der Waals surface area contributed by atoms with E-state index in [1.54, 1.807) is 0 Å². The van der Waals surface area contributed by atoms with Gasteiger partial charge in [0.1, 0.15) is 4.60 Å². The van der Waals surface area contributed by atoms with Gasteiger partial charge in [-0.25, -0.2) is 4.98 Å². The number of fused-ring (bicyclic) bond motifs is 1. The second-order valence-corrected chi connectivity index (χ2v) is 4.11. The van der Waals surface area contributed by atoms with Gasteiger partial charge in [0.2, 0.25) is 0 Å². The number of aromatic nitrogens is 1. The molecule has 2 rings (SSSR count). The number of benzene rings is 1. The molecule has 0 saturated carbocycles. The highest BCUT2D eigenvalue weighted by molar-refractivity contribution is 9.10. The van der Waals surface area contributed by atoms with Gasteiger partial charge in [-0.3, -0.25) is 0 Å². The second kappa shape index (κ2) is 3.28. The maximum atomic E-state index is 6.03. The van der Waals surface area contributed by atoms with Crippen molar-refractivity contribution in [2.75, 3.05) is 0 Å². The third-order valence-electron chi connectivity index (χ3n) is 1.97. The summed E-state index contributed by atoms with van der Waals surface area (Å²) in [5.74, 6) is 0. The third kappa shape index (κ3) is 1.56. The summed E-state index contributed by atoms with van der Waals surface area (Å²) in [4.78, 5) is 4.37. The number of halogens is 2. The van der Waals surface area contributed by atoms with Gasteiger partial charge in [-0.05, 0) is 46.6 Å². The SMILES string of the molecule is Cc1ccc(Cl)c2ccc(Br)nc12. The van der Waals surface area contributed by atoms with Crippen molar-refractivity contribution in [1.29, 1.82) is 0 Å². The molecule has 1 nitrogen and oxygen atoms in total. The molecule has 0 fully saturated rings. The molecule has 0 unspecified atom stereocenters. The van der Waals surface area contributed by atoms with Crippen LogP contribution in [0.3, 0.4) is 0 Å². The zero-order valence-corrected chi connectivity index (χ0v) is 9.35. The lowest BCUT2D eigenvalue weighted by Crippen LogP contribution is -1.84. The molecule has 0 aliphatic rings.